The van der Waals surface area contributed by atoms with Gasteiger partial charge in [-0.25, -0.2) is 4.39 Å². The van der Waals surface area contributed by atoms with E-state index in [0.29, 0.717) is 11.3 Å². The number of carbonyl (C=O) groups is 2. The molecule has 1 heterocycles. The third kappa shape index (κ3) is 4.30. The Labute approximate surface area is 188 Å². The van der Waals surface area contributed by atoms with Crippen molar-refractivity contribution in [3.05, 3.63) is 100 Å². The fourth-order valence-corrected chi connectivity index (χ4v) is 4.01. The number of amides is 2. The second-order valence-corrected chi connectivity index (χ2v) is 8.23. The highest BCUT2D eigenvalue weighted by Crippen LogP contribution is 2.31. The number of hydrogen-bond acceptors (Lipinski definition) is 2. The fraction of sp³-hybridized carbons (Fsp3) is 0.120. The largest absolute Gasteiger partial charge is 0.298 e. The molecular weight excluding hydrogens is 459 g/mol. The molecule has 1 aliphatic rings. The van der Waals surface area contributed by atoms with Gasteiger partial charge in [-0.3, -0.25) is 19.4 Å². The van der Waals surface area contributed by atoms with Crippen LogP contribution in [0.1, 0.15) is 12.5 Å². The second-order valence-electron chi connectivity index (χ2n) is 7.32. The minimum Gasteiger partial charge on any atom is -0.298 e. The van der Waals surface area contributed by atoms with Gasteiger partial charge in [0.1, 0.15) is 18.4 Å². The van der Waals surface area contributed by atoms with Gasteiger partial charge in [0.15, 0.2) is 0 Å². The first kappa shape index (κ1) is 21.0. The van der Waals surface area contributed by atoms with Crippen molar-refractivity contribution in [2.24, 2.45) is 0 Å². The molecule has 0 bridgehead atoms. The van der Waals surface area contributed by atoms with E-state index >= 15 is 0 Å². The van der Waals surface area contributed by atoms with Crippen LogP contribution in [0.5, 0.6) is 0 Å². The molecule has 0 saturated carbocycles. The van der Waals surface area contributed by atoms with Crippen molar-refractivity contribution in [2.75, 3.05) is 16.3 Å². The molecule has 6 heteroatoms. The van der Waals surface area contributed by atoms with Crippen LogP contribution >= 0.6 is 15.9 Å². The molecule has 0 unspecified atom stereocenters. The minimum atomic E-state index is -0.887. The van der Waals surface area contributed by atoms with Gasteiger partial charge in [-0.1, -0.05) is 64.5 Å². The first-order valence-electron chi connectivity index (χ1n) is 9.82. The monoisotopic (exact) mass is 478 g/mol. The topological polar surface area (TPSA) is 40.6 Å². The summed E-state index contributed by atoms with van der Waals surface area (Å²) in [7, 11) is 0. The molecule has 0 aliphatic carbocycles. The highest BCUT2D eigenvalue weighted by molar-refractivity contribution is 9.10. The minimum absolute atomic E-state index is 0.105. The summed E-state index contributed by atoms with van der Waals surface area (Å²) in [5, 5.41) is 0. The molecule has 1 fully saturated rings. The molecule has 1 atom stereocenters. The van der Waals surface area contributed by atoms with E-state index in [1.165, 1.54) is 21.9 Å². The van der Waals surface area contributed by atoms with Gasteiger partial charge in [-0.05, 0) is 54.5 Å². The molecule has 2 amide bonds. The van der Waals surface area contributed by atoms with E-state index in [-0.39, 0.29) is 24.0 Å². The van der Waals surface area contributed by atoms with Gasteiger partial charge in [0, 0.05) is 10.2 Å². The van der Waals surface area contributed by atoms with E-state index < -0.39 is 11.9 Å². The number of hydrogen-bond donors (Lipinski definition) is 0. The van der Waals surface area contributed by atoms with Gasteiger partial charge in [-0.15, -0.1) is 0 Å². The molecule has 0 spiro atoms. The van der Waals surface area contributed by atoms with E-state index in [1.807, 2.05) is 55.5 Å². The van der Waals surface area contributed by atoms with Gasteiger partial charge in [0.05, 0.1) is 5.69 Å². The Morgan fingerprint density at radius 3 is 2.29 bits per heavy atom. The van der Waals surface area contributed by atoms with Crippen LogP contribution in [0.25, 0.3) is 6.08 Å². The Balaban J connectivity index is 1.81. The number of rotatable bonds is 4. The maximum atomic E-state index is 14.5. The molecule has 0 radical (unpaired) electrons. The van der Waals surface area contributed by atoms with Crippen molar-refractivity contribution in [3.63, 3.8) is 0 Å². The third-order valence-electron chi connectivity index (χ3n) is 5.19. The Hall–Kier alpha value is -3.25. The van der Waals surface area contributed by atoms with Crippen LogP contribution in [-0.2, 0) is 9.59 Å². The molecule has 4 nitrogen and oxygen atoms in total. The molecular formula is C25H20BrFN2O2. The fourth-order valence-electron chi connectivity index (χ4n) is 3.75. The predicted octanol–water partition coefficient (Wildman–Crippen LogP) is 5.44. The quantitative estimate of drug-likeness (QED) is 0.500. The maximum absolute atomic E-state index is 14.5. The van der Waals surface area contributed by atoms with Crippen molar-refractivity contribution < 1.29 is 14.0 Å². The van der Waals surface area contributed by atoms with Crippen molar-refractivity contribution >= 4 is 45.2 Å². The Kier molecular flexibility index (Phi) is 6.00. The highest BCUT2D eigenvalue weighted by Gasteiger charge is 2.42. The van der Waals surface area contributed by atoms with Crippen molar-refractivity contribution in [1.29, 1.82) is 0 Å². The number of benzene rings is 3. The smallest absolute Gasteiger partial charge is 0.255 e. The van der Waals surface area contributed by atoms with Gasteiger partial charge >= 0.3 is 0 Å². The van der Waals surface area contributed by atoms with E-state index in [9.17, 15) is 14.0 Å². The van der Waals surface area contributed by atoms with Crippen LogP contribution in [0.15, 0.2) is 88.9 Å². The van der Waals surface area contributed by atoms with E-state index in [1.54, 1.807) is 24.3 Å². The Morgan fingerprint density at radius 1 is 0.968 bits per heavy atom. The van der Waals surface area contributed by atoms with E-state index in [0.717, 1.165) is 10.0 Å². The SMILES string of the molecule is C/C(=C\c1ccccc1)[C@@H]1C(=O)N(c2ccccc2F)CC(=O)N1c1ccc(Br)cc1. The molecule has 3 aromatic carbocycles. The van der Waals surface area contributed by atoms with Crippen LogP contribution in [-0.4, -0.2) is 24.4 Å². The van der Waals surface area contributed by atoms with Crippen LogP contribution in [0.2, 0.25) is 0 Å². The molecule has 4 rings (SSSR count). The molecule has 1 saturated heterocycles. The number of nitrogens with zero attached hydrogens (tertiary/aromatic N) is 2. The zero-order valence-corrected chi connectivity index (χ0v) is 18.4. The van der Waals surface area contributed by atoms with Crippen LogP contribution in [0.4, 0.5) is 15.8 Å². The lowest BCUT2D eigenvalue weighted by atomic mass is 9.98. The third-order valence-corrected chi connectivity index (χ3v) is 5.72. The summed E-state index contributed by atoms with van der Waals surface area (Å²) in [6.45, 7) is 1.59. The average molecular weight is 479 g/mol. The van der Waals surface area contributed by atoms with Gasteiger partial charge in [-0.2, -0.15) is 0 Å². The van der Waals surface area contributed by atoms with Crippen LogP contribution in [0.3, 0.4) is 0 Å². The average Bonchev–Trinajstić information content (AvgIpc) is 2.77. The summed E-state index contributed by atoms with van der Waals surface area (Å²) in [5.41, 5.74) is 2.32. The normalized spacial score (nSPS) is 17.3. The number of anilines is 2. The van der Waals surface area contributed by atoms with Gasteiger partial charge < -0.3 is 0 Å². The summed E-state index contributed by atoms with van der Waals surface area (Å²) >= 11 is 3.40. The van der Waals surface area contributed by atoms with Crippen LogP contribution in [0, 0.1) is 5.82 Å². The Morgan fingerprint density at radius 2 is 1.61 bits per heavy atom. The molecule has 0 aromatic heterocycles. The first-order valence-corrected chi connectivity index (χ1v) is 10.6. The summed E-state index contributed by atoms with van der Waals surface area (Å²) < 4.78 is 15.3. The predicted molar refractivity (Wildman–Crippen MR) is 124 cm³/mol. The highest BCUT2D eigenvalue weighted by atomic mass is 79.9. The van der Waals surface area contributed by atoms with E-state index in [2.05, 4.69) is 15.9 Å². The zero-order chi connectivity index (χ0) is 22.0. The summed E-state index contributed by atoms with van der Waals surface area (Å²) in [5.74, 6) is -1.17. The molecule has 0 N–H and O–H groups in total. The van der Waals surface area contributed by atoms with Crippen molar-refractivity contribution in [2.45, 2.75) is 13.0 Å². The number of carbonyl (C=O) groups excluding carboxylic acids is 2. The molecule has 1 aliphatic heterocycles. The lowest BCUT2D eigenvalue weighted by Crippen LogP contribution is -2.61. The molecule has 156 valence electrons. The van der Waals surface area contributed by atoms with Crippen LogP contribution < -0.4 is 9.80 Å². The first-order chi connectivity index (χ1) is 15.0. The molecule has 3 aromatic rings. The Bertz CT molecular complexity index is 1150. The standard InChI is InChI=1S/C25H20BrFN2O2/c1-17(15-18-7-3-2-4-8-18)24-25(31)28(22-10-6-5-9-21(22)27)16-23(30)29(24)20-13-11-19(26)12-14-20/h2-15,24H,16H2,1H3/b17-15+/t24-/m1/s1. The summed E-state index contributed by atoms with van der Waals surface area (Å²) in [6.07, 6.45) is 1.88. The van der Waals surface area contributed by atoms with Crippen molar-refractivity contribution in [1.82, 2.24) is 0 Å². The van der Waals surface area contributed by atoms with Gasteiger partial charge in [0.25, 0.3) is 5.91 Å². The summed E-state index contributed by atoms with van der Waals surface area (Å²) in [4.78, 5) is 29.6. The lowest BCUT2D eigenvalue weighted by molar-refractivity contribution is -0.127. The second kappa shape index (κ2) is 8.86. The summed E-state index contributed by atoms with van der Waals surface area (Å²) in [6, 6.07) is 21.9. The number of piperazine rings is 1. The van der Waals surface area contributed by atoms with Gasteiger partial charge in [0.2, 0.25) is 5.91 Å². The number of halogens is 2. The maximum Gasteiger partial charge on any atom is 0.255 e. The molecule has 31 heavy (non-hydrogen) atoms. The zero-order valence-electron chi connectivity index (χ0n) is 16.8. The lowest BCUT2D eigenvalue weighted by Gasteiger charge is -2.40. The van der Waals surface area contributed by atoms with E-state index in [4.69, 9.17) is 0 Å². The van der Waals surface area contributed by atoms with Crippen molar-refractivity contribution in [3.8, 4) is 0 Å². The number of para-hydroxylation sites is 1.